The number of fused-ring (bicyclic) bond motifs is 1. The smallest absolute Gasteiger partial charge is 0.147 e. The normalized spacial score (nSPS) is 12.3. The molecule has 13 heavy (non-hydrogen) atoms. The van der Waals surface area contributed by atoms with Crippen LogP contribution in [0.1, 0.15) is 4.88 Å². The molecule has 0 nitrogen and oxygen atoms in total. The van der Waals surface area contributed by atoms with E-state index in [0.29, 0.717) is 4.88 Å². The fourth-order valence-electron chi connectivity index (χ4n) is 1.15. The van der Waals surface area contributed by atoms with Crippen molar-refractivity contribution < 1.29 is 4.39 Å². The lowest BCUT2D eigenvalue weighted by atomic mass is 10.2. The average molecular weight is 257 g/mol. The molecular formula is C10H6BrFS. The molecule has 3 heteroatoms. The Balaban J connectivity index is 2.62. The fraction of sp³-hybridized carbons (Fsp3) is 0. The third-order valence-electron chi connectivity index (χ3n) is 1.76. The highest BCUT2D eigenvalue weighted by molar-refractivity contribution is 9.11. The SMILES string of the molecule is F/C(=C\Br)c1cc2ccccc2s1. The Morgan fingerprint density at radius 2 is 2.15 bits per heavy atom. The molecule has 1 aromatic heterocycles. The van der Waals surface area contributed by atoms with Crippen molar-refractivity contribution in [2.75, 3.05) is 0 Å². The summed E-state index contributed by atoms with van der Waals surface area (Å²) < 4.78 is 14.2. The van der Waals surface area contributed by atoms with E-state index in [9.17, 15) is 4.39 Å². The maximum absolute atomic E-state index is 13.1. The number of hydrogen-bond donors (Lipinski definition) is 0. The quantitative estimate of drug-likeness (QED) is 0.702. The van der Waals surface area contributed by atoms with Gasteiger partial charge in [-0.05, 0) is 17.5 Å². The van der Waals surface area contributed by atoms with E-state index in [4.69, 9.17) is 0 Å². The molecule has 66 valence electrons. The molecule has 2 rings (SSSR count). The molecule has 0 bridgehead atoms. The van der Waals surface area contributed by atoms with Gasteiger partial charge in [0.25, 0.3) is 0 Å². The Labute approximate surface area is 87.8 Å². The van der Waals surface area contributed by atoms with Crippen molar-refractivity contribution >= 4 is 43.2 Å². The highest BCUT2D eigenvalue weighted by Crippen LogP contribution is 2.31. The Bertz CT molecular complexity index is 426. The topological polar surface area (TPSA) is 0 Å². The number of thiophene rings is 1. The minimum Gasteiger partial charge on any atom is -0.205 e. The predicted molar refractivity (Wildman–Crippen MR) is 59.8 cm³/mol. The summed E-state index contributed by atoms with van der Waals surface area (Å²) >= 11 is 4.44. The molecule has 0 saturated carbocycles. The molecule has 0 spiro atoms. The van der Waals surface area contributed by atoms with Gasteiger partial charge in [0.2, 0.25) is 0 Å². The standard InChI is InChI=1S/C10H6BrFS/c11-6-8(12)10-5-7-3-1-2-4-9(7)13-10/h1-6H/b8-6-. The van der Waals surface area contributed by atoms with E-state index in [-0.39, 0.29) is 5.83 Å². The molecule has 0 N–H and O–H groups in total. The Kier molecular flexibility index (Phi) is 2.47. The number of rotatable bonds is 1. The van der Waals surface area contributed by atoms with Gasteiger partial charge in [-0.3, -0.25) is 0 Å². The third kappa shape index (κ3) is 1.67. The molecule has 2 aromatic rings. The maximum Gasteiger partial charge on any atom is 0.147 e. The van der Waals surface area contributed by atoms with Crippen LogP contribution in [0.3, 0.4) is 0 Å². The van der Waals surface area contributed by atoms with Crippen LogP contribution in [-0.2, 0) is 0 Å². The zero-order valence-electron chi connectivity index (χ0n) is 6.63. The summed E-state index contributed by atoms with van der Waals surface area (Å²) in [5.41, 5.74) is 0. The Morgan fingerprint density at radius 3 is 2.85 bits per heavy atom. The molecule has 0 saturated heterocycles. The van der Waals surface area contributed by atoms with E-state index in [1.807, 2.05) is 30.3 Å². The van der Waals surface area contributed by atoms with Crippen LogP contribution in [0.25, 0.3) is 15.9 Å². The minimum absolute atomic E-state index is 0.221. The van der Waals surface area contributed by atoms with Gasteiger partial charge in [-0.2, -0.15) is 0 Å². The summed E-state index contributed by atoms with van der Waals surface area (Å²) in [5.74, 6) is -0.221. The molecule has 0 unspecified atom stereocenters. The molecule has 0 aliphatic rings. The van der Waals surface area contributed by atoms with Crippen LogP contribution in [0.5, 0.6) is 0 Å². The van der Waals surface area contributed by atoms with Gasteiger partial charge in [0.1, 0.15) is 5.83 Å². The molecular weight excluding hydrogens is 251 g/mol. The summed E-state index contributed by atoms with van der Waals surface area (Å²) in [5, 5.41) is 1.09. The predicted octanol–water partition coefficient (Wildman–Crippen LogP) is 4.56. The number of benzene rings is 1. The average Bonchev–Trinajstić information content (AvgIpc) is 2.59. The molecule has 1 heterocycles. The van der Waals surface area contributed by atoms with Gasteiger partial charge in [0, 0.05) is 9.69 Å². The second kappa shape index (κ2) is 3.60. The Hall–Kier alpha value is -0.670. The zero-order chi connectivity index (χ0) is 9.26. The summed E-state index contributed by atoms with van der Waals surface area (Å²) in [4.78, 5) is 1.97. The lowest BCUT2D eigenvalue weighted by molar-refractivity contribution is 0.766. The van der Waals surface area contributed by atoms with Crippen molar-refractivity contribution in [3.63, 3.8) is 0 Å². The first kappa shape index (κ1) is 8.91. The van der Waals surface area contributed by atoms with Crippen molar-refractivity contribution in [1.29, 1.82) is 0 Å². The molecule has 0 fully saturated rings. The second-order valence-corrected chi connectivity index (χ2v) is 4.15. The second-order valence-electron chi connectivity index (χ2n) is 2.61. The molecule has 0 aliphatic heterocycles. The summed E-state index contributed by atoms with van der Waals surface area (Å²) in [6.45, 7) is 0. The van der Waals surface area contributed by atoms with Crippen molar-refractivity contribution in [3.8, 4) is 0 Å². The van der Waals surface area contributed by atoms with E-state index in [1.54, 1.807) is 0 Å². The third-order valence-corrected chi connectivity index (χ3v) is 3.28. The van der Waals surface area contributed by atoms with E-state index >= 15 is 0 Å². The van der Waals surface area contributed by atoms with Gasteiger partial charge in [0.15, 0.2) is 0 Å². The molecule has 0 aliphatic carbocycles. The first-order valence-electron chi connectivity index (χ1n) is 3.76. The summed E-state index contributed by atoms with van der Waals surface area (Å²) in [7, 11) is 0. The molecule has 0 atom stereocenters. The fourth-order valence-corrected chi connectivity index (χ4v) is 2.52. The van der Waals surface area contributed by atoms with Crippen LogP contribution in [0, 0.1) is 0 Å². The van der Waals surface area contributed by atoms with Crippen molar-refractivity contribution in [1.82, 2.24) is 0 Å². The van der Waals surface area contributed by atoms with Crippen molar-refractivity contribution in [2.24, 2.45) is 0 Å². The van der Waals surface area contributed by atoms with Crippen LogP contribution in [-0.4, -0.2) is 0 Å². The number of hydrogen-bond acceptors (Lipinski definition) is 1. The summed E-state index contributed by atoms with van der Waals surface area (Å²) in [6, 6.07) is 9.74. The van der Waals surface area contributed by atoms with Gasteiger partial charge in [-0.1, -0.05) is 34.1 Å². The van der Waals surface area contributed by atoms with Crippen LogP contribution in [0.4, 0.5) is 4.39 Å². The van der Waals surface area contributed by atoms with E-state index < -0.39 is 0 Å². The van der Waals surface area contributed by atoms with Gasteiger partial charge >= 0.3 is 0 Å². The van der Waals surface area contributed by atoms with Gasteiger partial charge in [0.05, 0.1) is 4.88 Å². The van der Waals surface area contributed by atoms with Gasteiger partial charge in [-0.15, -0.1) is 11.3 Å². The summed E-state index contributed by atoms with van der Waals surface area (Å²) in [6.07, 6.45) is 0. The van der Waals surface area contributed by atoms with E-state index in [1.165, 1.54) is 16.3 Å². The lowest BCUT2D eigenvalue weighted by Gasteiger charge is -1.85. The molecule has 0 radical (unpaired) electrons. The van der Waals surface area contributed by atoms with Crippen LogP contribution in [0.15, 0.2) is 35.3 Å². The monoisotopic (exact) mass is 256 g/mol. The van der Waals surface area contributed by atoms with Crippen molar-refractivity contribution in [2.45, 2.75) is 0 Å². The minimum atomic E-state index is -0.221. The van der Waals surface area contributed by atoms with Crippen LogP contribution >= 0.6 is 27.3 Å². The zero-order valence-corrected chi connectivity index (χ0v) is 9.03. The first-order valence-corrected chi connectivity index (χ1v) is 5.49. The Morgan fingerprint density at radius 1 is 1.38 bits per heavy atom. The maximum atomic E-state index is 13.1. The van der Waals surface area contributed by atoms with E-state index in [2.05, 4.69) is 15.9 Å². The largest absolute Gasteiger partial charge is 0.205 e. The lowest BCUT2D eigenvalue weighted by Crippen LogP contribution is -1.63. The van der Waals surface area contributed by atoms with Crippen LogP contribution < -0.4 is 0 Å². The van der Waals surface area contributed by atoms with Gasteiger partial charge < -0.3 is 0 Å². The van der Waals surface area contributed by atoms with Crippen LogP contribution in [0.2, 0.25) is 0 Å². The first-order chi connectivity index (χ1) is 6.31. The van der Waals surface area contributed by atoms with Crippen molar-refractivity contribution in [3.05, 3.63) is 40.2 Å². The highest BCUT2D eigenvalue weighted by Gasteiger charge is 2.04. The number of halogens is 2. The molecule has 1 aromatic carbocycles. The van der Waals surface area contributed by atoms with E-state index in [0.717, 1.165) is 10.1 Å². The highest BCUT2D eigenvalue weighted by atomic mass is 79.9. The molecule has 0 amide bonds. The van der Waals surface area contributed by atoms with Gasteiger partial charge in [-0.25, -0.2) is 4.39 Å².